The van der Waals surface area contributed by atoms with Crippen LogP contribution in [0.1, 0.15) is 11.1 Å². The van der Waals surface area contributed by atoms with Crippen LogP contribution in [0.25, 0.3) is 12.2 Å². The zero-order valence-corrected chi connectivity index (χ0v) is 19.1. The van der Waals surface area contributed by atoms with Crippen molar-refractivity contribution in [2.75, 3.05) is 4.90 Å². The van der Waals surface area contributed by atoms with E-state index in [4.69, 9.17) is 0 Å². The number of hydrogen-bond donors (Lipinski definition) is 2. The molecule has 0 bridgehead atoms. The van der Waals surface area contributed by atoms with Gasteiger partial charge in [0.25, 0.3) is 20.2 Å². The molecule has 0 aliphatic rings. The lowest BCUT2D eigenvalue weighted by Gasteiger charge is -2.23. The number of anilines is 3. The zero-order chi connectivity index (χ0) is 25.1. The third kappa shape index (κ3) is 5.33. The Morgan fingerprint density at radius 3 is 1.80 bits per heavy atom. The number of hydrogen-bond acceptors (Lipinski definition) is 11. The summed E-state index contributed by atoms with van der Waals surface area (Å²) in [6.45, 7) is 0. The van der Waals surface area contributed by atoms with Crippen LogP contribution in [0, 0.1) is 0 Å². The molecule has 4 aromatic rings. The SMILES string of the molecule is O=S(=O)(O)c1ccccc1C=Cc1cccc(N(c2ccnnn2)c2ccnnn2)c1S(=O)(=O)O. The van der Waals surface area contributed by atoms with Gasteiger partial charge < -0.3 is 0 Å². The summed E-state index contributed by atoms with van der Waals surface area (Å²) >= 11 is 0. The average Bonchev–Trinajstić information content (AvgIpc) is 2.83. The summed E-state index contributed by atoms with van der Waals surface area (Å²) < 4.78 is 68.1. The molecular weight excluding hydrogens is 498 g/mol. The minimum atomic E-state index is -4.86. The molecular formula is C20H15N7O6S2. The van der Waals surface area contributed by atoms with Gasteiger partial charge in [0.1, 0.15) is 9.79 Å². The van der Waals surface area contributed by atoms with Gasteiger partial charge >= 0.3 is 0 Å². The molecule has 178 valence electrons. The zero-order valence-electron chi connectivity index (χ0n) is 17.5. The maximum Gasteiger partial charge on any atom is 0.297 e. The van der Waals surface area contributed by atoms with Gasteiger partial charge in [0.2, 0.25) is 0 Å². The van der Waals surface area contributed by atoms with Gasteiger partial charge in [0, 0.05) is 12.1 Å². The van der Waals surface area contributed by atoms with E-state index in [1.54, 1.807) is 6.07 Å². The van der Waals surface area contributed by atoms with E-state index < -0.39 is 25.1 Å². The molecule has 0 saturated heterocycles. The van der Waals surface area contributed by atoms with Crippen LogP contribution in [-0.4, -0.2) is 56.8 Å². The first kappa shape index (κ1) is 24.0. The van der Waals surface area contributed by atoms with Gasteiger partial charge in [-0.1, -0.05) is 42.5 Å². The molecule has 0 fully saturated rings. The van der Waals surface area contributed by atoms with E-state index in [2.05, 4.69) is 30.8 Å². The van der Waals surface area contributed by atoms with Crippen molar-refractivity contribution in [3.63, 3.8) is 0 Å². The normalized spacial score (nSPS) is 12.1. The molecule has 2 N–H and O–H groups in total. The summed E-state index contributed by atoms with van der Waals surface area (Å²) in [5.41, 5.74) is 0.0430. The van der Waals surface area contributed by atoms with E-state index in [-0.39, 0.29) is 33.3 Å². The van der Waals surface area contributed by atoms with Crippen molar-refractivity contribution in [3.05, 3.63) is 78.1 Å². The second-order valence-corrected chi connectivity index (χ2v) is 9.56. The quantitative estimate of drug-likeness (QED) is 0.270. The summed E-state index contributed by atoms with van der Waals surface area (Å²) in [5, 5.41) is 22.2. The molecule has 0 radical (unpaired) electrons. The molecule has 4 rings (SSSR count). The Kier molecular flexibility index (Phi) is 6.57. The summed E-state index contributed by atoms with van der Waals surface area (Å²) in [7, 11) is -9.40. The van der Waals surface area contributed by atoms with Crippen molar-refractivity contribution in [2.24, 2.45) is 0 Å². The molecule has 15 heteroatoms. The standard InChI is InChI=1S/C20H15N7O6S2/c28-34(29,30)17-7-2-1-4-14(17)8-9-15-5-3-6-16(20(15)35(31,32)33)27(18-10-12-21-25-23-18)19-11-13-22-26-24-19/h1-13H,(H,28,29,30)(H,31,32,33). The predicted molar refractivity (Wildman–Crippen MR) is 123 cm³/mol. The maximum atomic E-state index is 12.5. The van der Waals surface area contributed by atoms with Crippen LogP contribution < -0.4 is 4.90 Å². The third-order valence-electron chi connectivity index (χ3n) is 4.60. The van der Waals surface area contributed by atoms with Gasteiger partial charge in [-0.2, -0.15) is 16.8 Å². The molecule has 0 amide bonds. The van der Waals surface area contributed by atoms with Gasteiger partial charge in [-0.25, -0.2) is 0 Å². The Morgan fingerprint density at radius 2 is 1.26 bits per heavy atom. The number of rotatable bonds is 7. The van der Waals surface area contributed by atoms with Crippen molar-refractivity contribution < 1.29 is 25.9 Å². The lowest BCUT2D eigenvalue weighted by atomic mass is 10.1. The molecule has 0 aliphatic carbocycles. The summed E-state index contributed by atoms with van der Waals surface area (Å²) in [6.07, 6.45) is 5.23. The molecule has 0 saturated carbocycles. The van der Waals surface area contributed by atoms with Crippen molar-refractivity contribution in [1.82, 2.24) is 30.8 Å². The summed E-state index contributed by atoms with van der Waals surface area (Å²) in [6, 6.07) is 12.8. The fourth-order valence-corrected chi connectivity index (χ4v) is 4.78. The van der Waals surface area contributed by atoms with Crippen LogP contribution in [0.2, 0.25) is 0 Å². The first-order chi connectivity index (χ1) is 16.7. The van der Waals surface area contributed by atoms with E-state index in [1.807, 2.05) is 0 Å². The molecule has 0 unspecified atom stereocenters. The van der Waals surface area contributed by atoms with Crippen LogP contribution in [0.5, 0.6) is 0 Å². The molecule has 0 aliphatic heterocycles. The highest BCUT2D eigenvalue weighted by Crippen LogP contribution is 2.37. The Hall–Kier alpha value is -4.18. The highest BCUT2D eigenvalue weighted by Gasteiger charge is 2.27. The van der Waals surface area contributed by atoms with Gasteiger partial charge in [-0.3, -0.25) is 14.0 Å². The van der Waals surface area contributed by atoms with Crippen LogP contribution in [0.4, 0.5) is 17.3 Å². The van der Waals surface area contributed by atoms with Crippen LogP contribution in [0.3, 0.4) is 0 Å². The second-order valence-electron chi connectivity index (χ2n) is 6.81. The molecule has 35 heavy (non-hydrogen) atoms. The molecule has 2 aromatic heterocycles. The van der Waals surface area contributed by atoms with Gasteiger partial charge in [-0.15, -0.1) is 20.4 Å². The Labute approximate surface area is 199 Å². The second kappa shape index (κ2) is 9.59. The smallest absolute Gasteiger partial charge is 0.282 e. The third-order valence-corrected chi connectivity index (χ3v) is 6.49. The maximum absolute atomic E-state index is 12.5. The fraction of sp³-hybridized carbons (Fsp3) is 0. The Bertz CT molecular complexity index is 1560. The first-order valence-corrected chi connectivity index (χ1v) is 12.5. The predicted octanol–water partition coefficient (Wildman–Crippen LogP) is 2.19. The lowest BCUT2D eigenvalue weighted by molar-refractivity contribution is 0.480. The molecule has 0 atom stereocenters. The average molecular weight is 514 g/mol. The Balaban J connectivity index is 1.94. The minimum Gasteiger partial charge on any atom is -0.282 e. The van der Waals surface area contributed by atoms with Crippen LogP contribution in [0.15, 0.2) is 76.8 Å². The van der Waals surface area contributed by atoms with E-state index in [9.17, 15) is 25.9 Å². The van der Waals surface area contributed by atoms with Crippen molar-refractivity contribution in [3.8, 4) is 0 Å². The summed E-state index contributed by atoms with van der Waals surface area (Å²) in [4.78, 5) is 0.370. The van der Waals surface area contributed by atoms with Gasteiger partial charge in [0.05, 0.1) is 18.1 Å². The van der Waals surface area contributed by atoms with Crippen molar-refractivity contribution >= 4 is 49.7 Å². The van der Waals surface area contributed by atoms with E-state index >= 15 is 0 Å². The highest BCUT2D eigenvalue weighted by atomic mass is 32.2. The largest absolute Gasteiger partial charge is 0.297 e. The van der Waals surface area contributed by atoms with Crippen LogP contribution >= 0.6 is 0 Å². The molecule has 13 nitrogen and oxygen atoms in total. The monoisotopic (exact) mass is 513 g/mol. The van der Waals surface area contributed by atoms with Crippen molar-refractivity contribution in [1.29, 1.82) is 0 Å². The fourth-order valence-electron chi connectivity index (χ4n) is 3.24. The molecule has 0 spiro atoms. The first-order valence-electron chi connectivity index (χ1n) is 9.60. The molecule has 2 heterocycles. The molecule has 2 aromatic carbocycles. The number of nitrogens with zero attached hydrogens (tertiary/aromatic N) is 7. The topological polar surface area (TPSA) is 189 Å². The minimum absolute atomic E-state index is 0.00386. The van der Waals surface area contributed by atoms with E-state index in [0.717, 1.165) is 0 Å². The van der Waals surface area contributed by atoms with E-state index in [1.165, 1.54) is 78.0 Å². The number of aromatic nitrogens is 6. The van der Waals surface area contributed by atoms with Gasteiger partial charge in [-0.05, 0) is 33.7 Å². The highest BCUT2D eigenvalue weighted by molar-refractivity contribution is 7.86. The Morgan fingerprint density at radius 1 is 0.686 bits per heavy atom. The van der Waals surface area contributed by atoms with Crippen molar-refractivity contribution in [2.45, 2.75) is 9.79 Å². The number of benzene rings is 2. The van der Waals surface area contributed by atoms with E-state index in [0.29, 0.717) is 0 Å². The summed E-state index contributed by atoms with van der Waals surface area (Å²) in [5.74, 6) is 0.228. The lowest BCUT2D eigenvalue weighted by Crippen LogP contribution is -2.18. The van der Waals surface area contributed by atoms with Gasteiger partial charge in [0.15, 0.2) is 11.6 Å². The van der Waals surface area contributed by atoms with Crippen LogP contribution in [-0.2, 0) is 20.2 Å².